The van der Waals surface area contributed by atoms with E-state index in [4.69, 9.17) is 4.74 Å². The summed E-state index contributed by atoms with van der Waals surface area (Å²) in [5.74, 6) is 0.817. The number of nitrogens with zero attached hydrogens (tertiary/aromatic N) is 2. The summed E-state index contributed by atoms with van der Waals surface area (Å²) in [6.45, 7) is 0.833. The predicted octanol–water partition coefficient (Wildman–Crippen LogP) is 0.448. The number of ether oxygens (including phenoxy) is 1. The van der Waals surface area contributed by atoms with Crippen molar-refractivity contribution in [1.82, 2.24) is 4.90 Å². The molecule has 1 rings (SSSR count). The number of methoxy groups -OCH3 is 1. The lowest BCUT2D eigenvalue weighted by Gasteiger charge is -2.20. The molecule has 3 heteroatoms. The van der Waals surface area contributed by atoms with Crippen LogP contribution >= 0.6 is 0 Å². The Morgan fingerprint density at radius 3 is 3.00 bits per heavy atom. The molecule has 0 aromatic heterocycles. The Bertz CT molecular complexity index is 151. The molecule has 0 amide bonds. The van der Waals surface area contributed by atoms with Gasteiger partial charge in [0.1, 0.15) is 0 Å². The minimum absolute atomic E-state index is 0.817. The van der Waals surface area contributed by atoms with Gasteiger partial charge in [0, 0.05) is 13.3 Å². The van der Waals surface area contributed by atoms with Crippen LogP contribution in [0, 0.1) is 0 Å². The van der Waals surface area contributed by atoms with E-state index in [1.165, 1.54) is 0 Å². The molecule has 0 aliphatic carbocycles. The van der Waals surface area contributed by atoms with Crippen LogP contribution in [0.25, 0.3) is 0 Å². The first-order valence-electron chi connectivity index (χ1n) is 2.81. The van der Waals surface area contributed by atoms with Crippen molar-refractivity contribution in [1.29, 1.82) is 0 Å². The van der Waals surface area contributed by atoms with Gasteiger partial charge < -0.3 is 9.64 Å². The monoisotopic (exact) mass is 126 g/mol. The maximum Gasteiger partial charge on any atom is 0.208 e. The standard InChI is InChI=1S/C6H10N2O/c1-8-4-3-7-5-6(8)9-2/h3,5H,4H2,1-2H3. The van der Waals surface area contributed by atoms with Crippen LogP contribution in [0.15, 0.2) is 17.1 Å². The third kappa shape index (κ3) is 1.22. The van der Waals surface area contributed by atoms with Gasteiger partial charge in [-0.3, -0.25) is 4.99 Å². The van der Waals surface area contributed by atoms with Crippen molar-refractivity contribution in [2.45, 2.75) is 0 Å². The van der Waals surface area contributed by atoms with Gasteiger partial charge in [0.15, 0.2) is 0 Å². The smallest absolute Gasteiger partial charge is 0.208 e. The van der Waals surface area contributed by atoms with Crippen LogP contribution in [0.3, 0.4) is 0 Å². The molecule has 50 valence electrons. The van der Waals surface area contributed by atoms with E-state index in [1.54, 1.807) is 13.3 Å². The lowest BCUT2D eigenvalue weighted by Crippen LogP contribution is -2.23. The topological polar surface area (TPSA) is 24.8 Å². The third-order valence-corrected chi connectivity index (χ3v) is 1.23. The Morgan fingerprint density at radius 1 is 1.78 bits per heavy atom. The highest BCUT2D eigenvalue weighted by Gasteiger charge is 2.03. The average molecular weight is 126 g/mol. The predicted molar refractivity (Wildman–Crippen MR) is 36.2 cm³/mol. The van der Waals surface area contributed by atoms with Crippen molar-refractivity contribution in [2.24, 2.45) is 4.99 Å². The Balaban J connectivity index is 2.63. The van der Waals surface area contributed by atoms with Crippen molar-refractivity contribution < 1.29 is 4.74 Å². The molecule has 1 aliphatic heterocycles. The highest BCUT2D eigenvalue weighted by Crippen LogP contribution is 2.03. The number of rotatable bonds is 1. The first kappa shape index (κ1) is 6.13. The largest absolute Gasteiger partial charge is 0.481 e. The van der Waals surface area contributed by atoms with Crippen molar-refractivity contribution in [3.05, 3.63) is 12.1 Å². The molecule has 0 spiro atoms. The molecule has 1 aliphatic rings. The molecule has 0 aromatic carbocycles. The minimum Gasteiger partial charge on any atom is -0.481 e. The van der Waals surface area contributed by atoms with E-state index in [9.17, 15) is 0 Å². The second kappa shape index (κ2) is 2.53. The number of hydrogen-bond acceptors (Lipinski definition) is 3. The maximum absolute atomic E-state index is 4.98. The summed E-state index contributed by atoms with van der Waals surface area (Å²) in [6.07, 6.45) is 3.53. The molecule has 0 atom stereocenters. The minimum atomic E-state index is 0.817. The van der Waals surface area contributed by atoms with Crippen LogP contribution in [0.2, 0.25) is 0 Å². The lowest BCUT2D eigenvalue weighted by atomic mass is 10.5. The highest BCUT2D eigenvalue weighted by atomic mass is 16.5. The van der Waals surface area contributed by atoms with Gasteiger partial charge in [0.05, 0.1) is 19.9 Å². The summed E-state index contributed by atoms with van der Waals surface area (Å²) in [5.41, 5.74) is 0. The zero-order valence-corrected chi connectivity index (χ0v) is 5.66. The van der Waals surface area contributed by atoms with E-state index in [0.717, 1.165) is 12.4 Å². The Kier molecular flexibility index (Phi) is 1.72. The van der Waals surface area contributed by atoms with Crippen LogP contribution in [-0.4, -0.2) is 31.8 Å². The van der Waals surface area contributed by atoms with Crippen molar-refractivity contribution >= 4 is 6.21 Å². The van der Waals surface area contributed by atoms with Crippen LogP contribution in [-0.2, 0) is 4.74 Å². The molecule has 0 aromatic rings. The van der Waals surface area contributed by atoms with Gasteiger partial charge in [-0.2, -0.15) is 0 Å². The summed E-state index contributed by atoms with van der Waals surface area (Å²) in [5, 5.41) is 0. The van der Waals surface area contributed by atoms with E-state index in [1.807, 2.05) is 18.2 Å². The van der Waals surface area contributed by atoms with E-state index >= 15 is 0 Å². The summed E-state index contributed by atoms with van der Waals surface area (Å²) < 4.78 is 4.98. The second-order valence-corrected chi connectivity index (χ2v) is 1.88. The van der Waals surface area contributed by atoms with Crippen molar-refractivity contribution in [2.75, 3.05) is 20.7 Å². The van der Waals surface area contributed by atoms with Crippen molar-refractivity contribution in [3.8, 4) is 0 Å². The van der Waals surface area contributed by atoms with Gasteiger partial charge in [0.2, 0.25) is 5.88 Å². The zero-order valence-electron chi connectivity index (χ0n) is 5.66. The van der Waals surface area contributed by atoms with E-state index in [-0.39, 0.29) is 0 Å². The molecule has 0 N–H and O–H groups in total. The summed E-state index contributed by atoms with van der Waals surface area (Å²) in [6, 6.07) is 0. The molecular weight excluding hydrogens is 116 g/mol. The first-order valence-corrected chi connectivity index (χ1v) is 2.81. The Labute approximate surface area is 54.6 Å². The van der Waals surface area contributed by atoms with Gasteiger partial charge in [-0.15, -0.1) is 0 Å². The maximum atomic E-state index is 4.98. The van der Waals surface area contributed by atoms with Crippen LogP contribution in [0.4, 0.5) is 0 Å². The fourth-order valence-corrected chi connectivity index (χ4v) is 0.683. The number of aliphatic imine (C=N–C) groups is 1. The van der Waals surface area contributed by atoms with E-state index < -0.39 is 0 Å². The van der Waals surface area contributed by atoms with Gasteiger partial charge >= 0.3 is 0 Å². The molecule has 0 fully saturated rings. The normalized spacial score (nSPS) is 17.6. The SMILES string of the molecule is COC1=CN=CCN1C. The molecule has 0 radical (unpaired) electrons. The number of hydrogen-bond donors (Lipinski definition) is 0. The van der Waals surface area contributed by atoms with Crippen LogP contribution < -0.4 is 0 Å². The molecule has 0 saturated heterocycles. The summed E-state index contributed by atoms with van der Waals surface area (Å²) in [4.78, 5) is 5.91. The average Bonchev–Trinajstić information content (AvgIpc) is 1.89. The Hall–Kier alpha value is -0.990. The molecule has 0 unspecified atom stereocenters. The zero-order chi connectivity index (χ0) is 6.69. The quantitative estimate of drug-likeness (QED) is 0.509. The van der Waals surface area contributed by atoms with Crippen LogP contribution in [0.1, 0.15) is 0 Å². The van der Waals surface area contributed by atoms with Gasteiger partial charge in [-0.25, -0.2) is 0 Å². The summed E-state index contributed by atoms with van der Waals surface area (Å²) >= 11 is 0. The van der Waals surface area contributed by atoms with Gasteiger partial charge in [-0.05, 0) is 0 Å². The van der Waals surface area contributed by atoms with Crippen LogP contribution in [0.5, 0.6) is 0 Å². The first-order chi connectivity index (χ1) is 4.34. The molecule has 0 saturated carbocycles. The molecule has 3 nitrogen and oxygen atoms in total. The van der Waals surface area contributed by atoms with Gasteiger partial charge in [0.25, 0.3) is 0 Å². The molecule has 1 heterocycles. The molecular formula is C6H10N2O. The molecule has 9 heavy (non-hydrogen) atoms. The molecule has 0 bridgehead atoms. The lowest BCUT2D eigenvalue weighted by molar-refractivity contribution is 0.184. The van der Waals surface area contributed by atoms with Crippen molar-refractivity contribution in [3.63, 3.8) is 0 Å². The second-order valence-electron chi connectivity index (χ2n) is 1.88. The fourth-order valence-electron chi connectivity index (χ4n) is 0.683. The highest BCUT2D eigenvalue weighted by molar-refractivity contribution is 5.61. The fraction of sp³-hybridized carbons (Fsp3) is 0.500. The van der Waals surface area contributed by atoms with E-state index in [0.29, 0.717) is 0 Å². The third-order valence-electron chi connectivity index (χ3n) is 1.23. The summed E-state index contributed by atoms with van der Waals surface area (Å²) in [7, 11) is 3.60. The van der Waals surface area contributed by atoms with Gasteiger partial charge in [-0.1, -0.05) is 0 Å². The van der Waals surface area contributed by atoms with E-state index in [2.05, 4.69) is 4.99 Å². The Morgan fingerprint density at radius 2 is 2.56 bits per heavy atom.